The highest BCUT2D eigenvalue weighted by Crippen LogP contribution is 2.24. The third-order valence-electron chi connectivity index (χ3n) is 4.23. The predicted molar refractivity (Wildman–Crippen MR) is 96.5 cm³/mol. The molecule has 6 heteroatoms. The zero-order chi connectivity index (χ0) is 18.2. The van der Waals surface area contributed by atoms with Gasteiger partial charge in [-0.15, -0.1) is 0 Å². The van der Waals surface area contributed by atoms with Crippen LogP contribution in [0.25, 0.3) is 0 Å². The van der Waals surface area contributed by atoms with E-state index in [9.17, 15) is 20.3 Å². The van der Waals surface area contributed by atoms with Crippen molar-refractivity contribution in [1.29, 1.82) is 0 Å². The SMILES string of the molecule is CCC(c1ccc(CCNCCc2ccc(O)c(O)c2)cc1)[N+](=O)[O-]. The topological polar surface area (TPSA) is 95.6 Å². The molecule has 0 saturated heterocycles. The van der Waals surface area contributed by atoms with Gasteiger partial charge in [0.1, 0.15) is 0 Å². The van der Waals surface area contributed by atoms with Crippen molar-refractivity contribution in [2.45, 2.75) is 32.2 Å². The Bertz CT molecular complexity index is 701. The molecule has 0 fully saturated rings. The van der Waals surface area contributed by atoms with Gasteiger partial charge in [-0.1, -0.05) is 37.3 Å². The summed E-state index contributed by atoms with van der Waals surface area (Å²) >= 11 is 0. The van der Waals surface area contributed by atoms with Gasteiger partial charge in [-0.2, -0.15) is 0 Å². The normalized spacial score (nSPS) is 12.0. The minimum absolute atomic E-state index is 0.0994. The van der Waals surface area contributed by atoms with Crippen LogP contribution in [0, 0.1) is 10.1 Å². The summed E-state index contributed by atoms with van der Waals surface area (Å²) in [6.07, 6.45) is 2.09. The van der Waals surface area contributed by atoms with Crippen molar-refractivity contribution in [3.63, 3.8) is 0 Å². The van der Waals surface area contributed by atoms with Crippen LogP contribution in [0.1, 0.15) is 36.1 Å². The minimum Gasteiger partial charge on any atom is -0.504 e. The molecule has 0 aliphatic rings. The zero-order valence-electron chi connectivity index (χ0n) is 14.3. The summed E-state index contributed by atoms with van der Waals surface area (Å²) in [6.45, 7) is 3.39. The second kappa shape index (κ2) is 9.03. The highest BCUT2D eigenvalue weighted by molar-refractivity contribution is 5.40. The number of nitrogens with zero attached hydrogens (tertiary/aromatic N) is 1. The number of rotatable bonds is 9. The van der Waals surface area contributed by atoms with Crippen molar-refractivity contribution in [2.24, 2.45) is 0 Å². The van der Waals surface area contributed by atoms with E-state index in [0.29, 0.717) is 6.42 Å². The lowest BCUT2D eigenvalue weighted by atomic mass is 10.0. The molecule has 1 atom stereocenters. The summed E-state index contributed by atoms with van der Waals surface area (Å²) in [5.74, 6) is -0.208. The smallest absolute Gasteiger partial charge is 0.237 e. The van der Waals surface area contributed by atoms with Crippen LogP contribution in [0.2, 0.25) is 0 Å². The fourth-order valence-corrected chi connectivity index (χ4v) is 2.73. The highest BCUT2D eigenvalue weighted by Gasteiger charge is 2.19. The van der Waals surface area contributed by atoms with Crippen LogP contribution >= 0.6 is 0 Å². The molecule has 0 aromatic heterocycles. The van der Waals surface area contributed by atoms with Crippen LogP contribution in [0.4, 0.5) is 0 Å². The van der Waals surface area contributed by atoms with Crippen molar-refractivity contribution in [3.05, 3.63) is 69.3 Å². The lowest BCUT2D eigenvalue weighted by molar-refractivity contribution is -0.529. The van der Waals surface area contributed by atoms with Crippen molar-refractivity contribution in [1.82, 2.24) is 5.32 Å². The van der Waals surface area contributed by atoms with Crippen LogP contribution in [-0.2, 0) is 12.8 Å². The van der Waals surface area contributed by atoms with E-state index in [2.05, 4.69) is 5.32 Å². The van der Waals surface area contributed by atoms with Crippen LogP contribution in [0.15, 0.2) is 42.5 Å². The Kier molecular flexibility index (Phi) is 6.77. The molecule has 0 bridgehead atoms. The standard InChI is InChI=1S/C19H24N2O4/c1-2-17(21(24)25)16-6-3-14(4-7-16)9-11-20-12-10-15-5-8-18(22)19(23)13-15/h3-8,13,17,20,22-23H,2,9-12H2,1H3. The van der Waals surface area contributed by atoms with Gasteiger partial charge < -0.3 is 15.5 Å². The fraction of sp³-hybridized carbons (Fsp3) is 0.368. The summed E-state index contributed by atoms with van der Waals surface area (Å²) in [7, 11) is 0. The number of aromatic hydroxyl groups is 2. The summed E-state index contributed by atoms with van der Waals surface area (Å²) in [4.78, 5) is 10.7. The molecule has 3 N–H and O–H groups in total. The molecule has 2 aromatic rings. The third-order valence-corrected chi connectivity index (χ3v) is 4.23. The monoisotopic (exact) mass is 344 g/mol. The number of hydrogen-bond donors (Lipinski definition) is 3. The van der Waals surface area contributed by atoms with Gasteiger partial charge in [0, 0.05) is 16.9 Å². The Morgan fingerprint density at radius 3 is 2.16 bits per heavy atom. The molecule has 0 radical (unpaired) electrons. The molecule has 25 heavy (non-hydrogen) atoms. The third kappa shape index (κ3) is 5.46. The summed E-state index contributed by atoms with van der Waals surface area (Å²) in [5, 5.41) is 33.0. The number of phenols is 2. The van der Waals surface area contributed by atoms with Crippen LogP contribution < -0.4 is 5.32 Å². The van der Waals surface area contributed by atoms with Crippen LogP contribution in [-0.4, -0.2) is 28.2 Å². The van der Waals surface area contributed by atoms with Gasteiger partial charge in [-0.25, -0.2) is 0 Å². The van der Waals surface area contributed by atoms with Gasteiger partial charge in [0.25, 0.3) is 0 Å². The van der Waals surface area contributed by atoms with Crippen molar-refractivity contribution in [3.8, 4) is 11.5 Å². The van der Waals surface area contributed by atoms with Crippen molar-refractivity contribution >= 4 is 0 Å². The lowest BCUT2D eigenvalue weighted by Gasteiger charge is -2.09. The Morgan fingerprint density at radius 1 is 1.00 bits per heavy atom. The predicted octanol–water partition coefficient (Wildman–Crippen LogP) is 3.20. The maximum absolute atomic E-state index is 11.0. The molecular weight excluding hydrogens is 320 g/mol. The van der Waals surface area contributed by atoms with E-state index < -0.39 is 6.04 Å². The van der Waals surface area contributed by atoms with E-state index in [1.807, 2.05) is 31.2 Å². The first-order valence-electron chi connectivity index (χ1n) is 8.45. The molecule has 2 aromatic carbocycles. The lowest BCUT2D eigenvalue weighted by Crippen LogP contribution is -2.20. The first kappa shape index (κ1) is 18.7. The van der Waals surface area contributed by atoms with Gasteiger partial charge in [0.05, 0.1) is 0 Å². The van der Waals surface area contributed by atoms with E-state index in [0.717, 1.165) is 42.6 Å². The molecule has 0 aliphatic carbocycles. The number of phenolic OH excluding ortho intramolecular Hbond substituents is 2. The largest absolute Gasteiger partial charge is 0.504 e. The summed E-state index contributed by atoms with van der Waals surface area (Å²) in [5.41, 5.74) is 2.84. The highest BCUT2D eigenvalue weighted by atomic mass is 16.6. The van der Waals surface area contributed by atoms with Crippen LogP contribution in [0.3, 0.4) is 0 Å². The maximum Gasteiger partial charge on any atom is 0.237 e. The molecular formula is C19H24N2O4. The van der Waals surface area contributed by atoms with Gasteiger partial charge in [0.2, 0.25) is 6.04 Å². The second-order valence-corrected chi connectivity index (χ2v) is 6.02. The van der Waals surface area contributed by atoms with Crippen molar-refractivity contribution in [2.75, 3.05) is 13.1 Å². The number of hydrogen-bond acceptors (Lipinski definition) is 5. The molecule has 0 aliphatic heterocycles. The van der Waals surface area contributed by atoms with E-state index in [1.54, 1.807) is 12.1 Å². The van der Waals surface area contributed by atoms with Gasteiger partial charge in [-0.05, 0) is 49.2 Å². The minimum atomic E-state index is -0.631. The molecule has 6 nitrogen and oxygen atoms in total. The summed E-state index contributed by atoms with van der Waals surface area (Å²) in [6, 6.07) is 11.8. The Morgan fingerprint density at radius 2 is 1.60 bits per heavy atom. The van der Waals surface area contributed by atoms with E-state index in [-0.39, 0.29) is 16.4 Å². The molecule has 2 rings (SSSR count). The van der Waals surface area contributed by atoms with Crippen LogP contribution in [0.5, 0.6) is 11.5 Å². The van der Waals surface area contributed by atoms with E-state index in [4.69, 9.17) is 0 Å². The quantitative estimate of drug-likeness (QED) is 0.281. The van der Waals surface area contributed by atoms with Crippen molar-refractivity contribution < 1.29 is 15.1 Å². The molecule has 134 valence electrons. The zero-order valence-corrected chi connectivity index (χ0v) is 14.3. The average Bonchev–Trinajstić information content (AvgIpc) is 2.59. The Hall–Kier alpha value is -2.60. The summed E-state index contributed by atoms with van der Waals surface area (Å²) < 4.78 is 0. The van der Waals surface area contributed by atoms with Gasteiger partial charge in [0.15, 0.2) is 11.5 Å². The number of nitro groups is 1. The molecule has 0 heterocycles. The maximum atomic E-state index is 11.0. The average molecular weight is 344 g/mol. The first-order valence-corrected chi connectivity index (χ1v) is 8.45. The molecule has 1 unspecified atom stereocenters. The van der Waals surface area contributed by atoms with E-state index in [1.165, 1.54) is 6.07 Å². The molecule has 0 amide bonds. The fourth-order valence-electron chi connectivity index (χ4n) is 2.73. The molecule has 0 spiro atoms. The Labute approximate surface area is 147 Å². The van der Waals surface area contributed by atoms with E-state index >= 15 is 0 Å². The number of nitrogens with one attached hydrogen (secondary N) is 1. The number of benzene rings is 2. The second-order valence-electron chi connectivity index (χ2n) is 6.02. The van der Waals surface area contributed by atoms with Gasteiger partial charge in [-0.3, -0.25) is 10.1 Å². The first-order chi connectivity index (χ1) is 12.0. The van der Waals surface area contributed by atoms with Gasteiger partial charge >= 0.3 is 0 Å². The Balaban J connectivity index is 1.74. The molecule has 0 saturated carbocycles.